The number of carbonyl (C=O) groups is 1. The van der Waals surface area contributed by atoms with E-state index in [0.717, 1.165) is 37.3 Å². The van der Waals surface area contributed by atoms with E-state index in [0.29, 0.717) is 36.8 Å². The summed E-state index contributed by atoms with van der Waals surface area (Å²) in [7, 11) is 1.53. The lowest BCUT2D eigenvalue weighted by molar-refractivity contribution is 0.0628. The van der Waals surface area contributed by atoms with Crippen LogP contribution in [0.25, 0.3) is 0 Å². The zero-order chi connectivity index (χ0) is 22.5. The molecule has 2 unspecified atom stereocenters. The van der Waals surface area contributed by atoms with Crippen LogP contribution in [0.15, 0.2) is 36.4 Å². The van der Waals surface area contributed by atoms with E-state index in [9.17, 15) is 9.90 Å². The van der Waals surface area contributed by atoms with Crippen LogP contribution < -0.4 is 18.9 Å². The molecule has 0 bridgehead atoms. The number of carbonyl (C=O) groups excluding carboxylic acids is 1. The quantitative estimate of drug-likeness (QED) is 0.627. The third-order valence-corrected chi connectivity index (χ3v) is 5.97. The molecular formula is C25H31NO6. The first kappa shape index (κ1) is 22.4. The molecule has 2 atom stereocenters. The molecule has 0 aliphatic carbocycles. The Kier molecular flexibility index (Phi) is 7.17. The maximum absolute atomic E-state index is 11.6. The summed E-state index contributed by atoms with van der Waals surface area (Å²) >= 11 is 0. The Hall–Kier alpha value is -2.77. The summed E-state index contributed by atoms with van der Waals surface area (Å²) in [4.78, 5) is 13.9. The lowest BCUT2D eigenvalue weighted by Gasteiger charge is -2.27. The normalized spacial score (nSPS) is 19.3. The fraction of sp³-hybridized carbons (Fsp3) is 0.480. The fourth-order valence-electron chi connectivity index (χ4n) is 4.32. The van der Waals surface area contributed by atoms with Crippen molar-refractivity contribution in [3.05, 3.63) is 47.5 Å². The number of likely N-dealkylation sites (tertiary alicyclic amines) is 1. The van der Waals surface area contributed by atoms with Gasteiger partial charge in [0.2, 0.25) is 0 Å². The molecule has 1 saturated heterocycles. The van der Waals surface area contributed by atoms with Crippen LogP contribution in [0.4, 0.5) is 0 Å². The average Bonchev–Trinajstić information content (AvgIpc) is 3.12. The third kappa shape index (κ3) is 5.16. The highest BCUT2D eigenvalue weighted by atomic mass is 16.5. The first-order chi connectivity index (χ1) is 15.5. The second-order valence-electron chi connectivity index (χ2n) is 8.30. The first-order valence-electron chi connectivity index (χ1n) is 11.2. The average molecular weight is 442 g/mol. The zero-order valence-electron chi connectivity index (χ0n) is 18.7. The third-order valence-electron chi connectivity index (χ3n) is 5.97. The van der Waals surface area contributed by atoms with Crippen molar-refractivity contribution in [1.82, 2.24) is 4.90 Å². The van der Waals surface area contributed by atoms with Crippen molar-refractivity contribution in [3.63, 3.8) is 0 Å². The van der Waals surface area contributed by atoms with E-state index < -0.39 is 6.10 Å². The summed E-state index contributed by atoms with van der Waals surface area (Å²) in [5, 5.41) is 10.7. The van der Waals surface area contributed by atoms with Crippen LogP contribution in [0.2, 0.25) is 0 Å². The number of ketones is 1. The van der Waals surface area contributed by atoms with Crippen LogP contribution in [-0.2, 0) is 0 Å². The number of ether oxygens (including phenoxy) is 4. The van der Waals surface area contributed by atoms with Gasteiger partial charge in [0.05, 0.1) is 20.3 Å². The van der Waals surface area contributed by atoms with E-state index in [2.05, 4.69) is 17.0 Å². The molecule has 0 saturated carbocycles. The maximum atomic E-state index is 11.6. The second-order valence-corrected chi connectivity index (χ2v) is 8.30. The number of fused-ring (bicyclic) bond motifs is 1. The molecule has 7 heteroatoms. The predicted octanol–water partition coefficient (Wildman–Crippen LogP) is 3.64. The Morgan fingerprint density at radius 3 is 2.72 bits per heavy atom. The van der Waals surface area contributed by atoms with Gasteiger partial charge in [-0.15, -0.1) is 0 Å². The van der Waals surface area contributed by atoms with Crippen LogP contribution in [0, 0.1) is 0 Å². The molecule has 0 spiro atoms. The number of hydrogen-bond acceptors (Lipinski definition) is 7. The van der Waals surface area contributed by atoms with Gasteiger partial charge in [-0.1, -0.05) is 6.07 Å². The van der Waals surface area contributed by atoms with Crippen molar-refractivity contribution in [2.24, 2.45) is 0 Å². The Morgan fingerprint density at radius 2 is 1.94 bits per heavy atom. The van der Waals surface area contributed by atoms with Gasteiger partial charge in [0.15, 0.2) is 28.8 Å². The van der Waals surface area contributed by atoms with Gasteiger partial charge in [0.25, 0.3) is 0 Å². The minimum absolute atomic E-state index is 0.0373. The van der Waals surface area contributed by atoms with Gasteiger partial charge in [0.1, 0.15) is 12.7 Å². The molecule has 32 heavy (non-hydrogen) atoms. The number of benzene rings is 2. The second kappa shape index (κ2) is 10.2. The lowest BCUT2D eigenvalue weighted by atomic mass is 10.0. The standard InChI is InChI=1S/C25H31NO6/c1-17(27)18-6-8-22(24(13-18)29-2)32-16-20(28)15-26-10-3-5-21(26)19-7-9-23-25(14-19)31-12-4-11-30-23/h6-9,13-14,20-21,28H,3-5,10-12,15-16H2,1-2H3. The molecule has 2 aromatic rings. The number of aliphatic hydroxyl groups excluding tert-OH is 1. The highest BCUT2D eigenvalue weighted by Gasteiger charge is 2.29. The summed E-state index contributed by atoms with van der Waals surface area (Å²) in [6.45, 7) is 4.42. The zero-order valence-corrected chi connectivity index (χ0v) is 18.7. The van der Waals surface area contributed by atoms with Crippen molar-refractivity contribution in [2.75, 3.05) is 40.0 Å². The van der Waals surface area contributed by atoms with Crippen molar-refractivity contribution < 1.29 is 28.8 Å². The van der Waals surface area contributed by atoms with Crippen molar-refractivity contribution in [2.45, 2.75) is 38.3 Å². The van der Waals surface area contributed by atoms with Crippen LogP contribution >= 0.6 is 0 Å². The van der Waals surface area contributed by atoms with Gasteiger partial charge in [-0.05, 0) is 62.2 Å². The predicted molar refractivity (Wildman–Crippen MR) is 120 cm³/mol. The van der Waals surface area contributed by atoms with E-state index in [1.807, 2.05) is 6.07 Å². The lowest BCUT2D eigenvalue weighted by Crippen LogP contribution is -2.35. The number of methoxy groups -OCH3 is 1. The number of aliphatic hydroxyl groups is 1. The molecule has 2 aromatic carbocycles. The Labute approximate surface area is 188 Å². The van der Waals surface area contributed by atoms with E-state index in [1.165, 1.54) is 19.6 Å². The highest BCUT2D eigenvalue weighted by Crippen LogP contribution is 2.38. The topological polar surface area (TPSA) is 77.5 Å². The van der Waals surface area contributed by atoms with Crippen molar-refractivity contribution >= 4 is 5.78 Å². The minimum Gasteiger partial charge on any atom is -0.493 e. The Bertz CT molecular complexity index is 946. The molecule has 1 N–H and O–H groups in total. The van der Waals surface area contributed by atoms with Crippen LogP contribution in [0.1, 0.15) is 48.1 Å². The first-order valence-corrected chi connectivity index (χ1v) is 11.2. The van der Waals surface area contributed by atoms with Gasteiger partial charge in [-0.25, -0.2) is 0 Å². The number of nitrogens with zero attached hydrogens (tertiary/aromatic N) is 1. The van der Waals surface area contributed by atoms with Gasteiger partial charge in [-0.2, -0.15) is 0 Å². The molecule has 2 aliphatic rings. The maximum Gasteiger partial charge on any atom is 0.161 e. The molecule has 0 aromatic heterocycles. The summed E-state index contributed by atoms with van der Waals surface area (Å²) in [5.74, 6) is 2.56. The SMILES string of the molecule is COc1cc(C(C)=O)ccc1OCC(O)CN1CCCC1c1ccc2c(c1)OCCCO2. The number of rotatable bonds is 8. The van der Waals surface area contributed by atoms with E-state index in [4.69, 9.17) is 18.9 Å². The largest absolute Gasteiger partial charge is 0.493 e. The van der Waals surface area contributed by atoms with Gasteiger partial charge >= 0.3 is 0 Å². The molecule has 2 heterocycles. The smallest absolute Gasteiger partial charge is 0.161 e. The molecule has 7 nitrogen and oxygen atoms in total. The van der Waals surface area contributed by atoms with Gasteiger partial charge in [-0.3, -0.25) is 9.69 Å². The Balaban J connectivity index is 1.37. The molecule has 4 rings (SSSR count). The Morgan fingerprint density at radius 1 is 1.12 bits per heavy atom. The molecule has 172 valence electrons. The number of hydrogen-bond donors (Lipinski definition) is 1. The molecule has 2 aliphatic heterocycles. The van der Waals surface area contributed by atoms with Gasteiger partial charge < -0.3 is 24.1 Å². The van der Waals surface area contributed by atoms with Crippen LogP contribution in [-0.4, -0.2) is 61.9 Å². The summed E-state index contributed by atoms with van der Waals surface area (Å²) in [6, 6.07) is 11.5. The van der Waals surface area contributed by atoms with Crippen molar-refractivity contribution in [3.8, 4) is 23.0 Å². The van der Waals surface area contributed by atoms with Crippen LogP contribution in [0.3, 0.4) is 0 Å². The van der Waals surface area contributed by atoms with Gasteiger partial charge in [0, 0.05) is 24.6 Å². The van der Waals surface area contributed by atoms with Crippen LogP contribution in [0.5, 0.6) is 23.0 Å². The summed E-state index contributed by atoms with van der Waals surface area (Å²) in [6.07, 6.45) is 2.34. The minimum atomic E-state index is -0.659. The van der Waals surface area contributed by atoms with Crippen molar-refractivity contribution in [1.29, 1.82) is 0 Å². The number of Topliss-reactive ketones (excluding diaryl/α,β-unsaturated/α-hetero) is 1. The summed E-state index contributed by atoms with van der Waals surface area (Å²) in [5.41, 5.74) is 1.74. The molecule has 0 amide bonds. The molecule has 0 radical (unpaired) electrons. The highest BCUT2D eigenvalue weighted by molar-refractivity contribution is 5.94. The summed E-state index contributed by atoms with van der Waals surface area (Å²) < 4.78 is 22.8. The van der Waals surface area contributed by atoms with E-state index in [1.54, 1.807) is 18.2 Å². The molecular weight excluding hydrogens is 410 g/mol. The molecule has 1 fully saturated rings. The number of β-amino-alcohol motifs (C(OH)–C–C–N with tert-alkyl or cyclic N) is 1. The monoisotopic (exact) mass is 441 g/mol. The van der Waals surface area contributed by atoms with E-state index >= 15 is 0 Å². The fourth-order valence-corrected chi connectivity index (χ4v) is 4.32. The van der Waals surface area contributed by atoms with E-state index in [-0.39, 0.29) is 18.4 Å².